The van der Waals surface area contributed by atoms with Gasteiger partial charge in [-0.1, -0.05) is 33.7 Å². The molecule has 0 saturated heterocycles. The summed E-state index contributed by atoms with van der Waals surface area (Å²) in [4.78, 5) is 46.7. The Balaban J connectivity index is 0.000000305. The molecule has 0 unspecified atom stereocenters. The van der Waals surface area contributed by atoms with Crippen molar-refractivity contribution < 1.29 is 51.5 Å². The first kappa shape index (κ1) is 55.9. The number of carbonyl (C=O) groups excluding carboxylic acids is 2. The number of amidine groups is 3. The molecule has 8 N–H and O–H groups in total. The molecule has 68 heavy (non-hydrogen) atoms. The molecule has 3 amide bonds. The van der Waals surface area contributed by atoms with Crippen molar-refractivity contribution in [2.75, 3.05) is 17.7 Å². The zero-order valence-corrected chi connectivity index (χ0v) is 41.2. The van der Waals surface area contributed by atoms with E-state index in [9.17, 15) is 33.1 Å². The second kappa shape index (κ2) is 28.1. The number of nitrogens with zero attached hydrogens (tertiary/aromatic N) is 7. The first-order chi connectivity index (χ1) is 32.3. The van der Waals surface area contributed by atoms with Crippen LogP contribution >= 0.6 is 43.6 Å². The number of hydrogen-bond donors (Lipinski definition) is 7. The molecule has 0 saturated carbocycles. The Morgan fingerprint density at radius 3 is 2.03 bits per heavy atom. The van der Waals surface area contributed by atoms with E-state index < -0.39 is 41.5 Å². The molecule has 0 spiro atoms. The van der Waals surface area contributed by atoms with Crippen LogP contribution in [0, 0.1) is 27.9 Å². The van der Waals surface area contributed by atoms with Gasteiger partial charge in [0, 0.05) is 6.42 Å². The molecule has 5 rings (SSSR count). The molecule has 368 valence electrons. The maximum Gasteiger partial charge on any atom is 0.446 e. The number of halogens is 4. The lowest BCUT2D eigenvalue weighted by Crippen LogP contribution is -2.36. The van der Waals surface area contributed by atoms with Crippen molar-refractivity contribution >= 4 is 84.4 Å². The molecule has 0 aliphatic heterocycles. The van der Waals surface area contributed by atoms with Crippen LogP contribution in [0.25, 0.3) is 17.2 Å². The first-order valence-corrected chi connectivity index (χ1v) is 23.2. The average Bonchev–Trinajstić information content (AvgIpc) is 4.03. The zero-order valence-electron chi connectivity index (χ0n) is 37.2. The van der Waals surface area contributed by atoms with Gasteiger partial charge in [-0.15, -0.1) is 0 Å². The normalized spacial score (nSPS) is 10.6. The van der Waals surface area contributed by atoms with Crippen LogP contribution in [0.15, 0.2) is 63.9 Å². The van der Waals surface area contributed by atoms with E-state index in [4.69, 9.17) is 40.6 Å². The third-order valence-electron chi connectivity index (χ3n) is 8.46. The Bertz CT molecular complexity index is 2570. The van der Waals surface area contributed by atoms with Gasteiger partial charge in [0.05, 0.1) is 32.5 Å². The summed E-state index contributed by atoms with van der Waals surface area (Å²) < 4.78 is 52.3. The van der Waals surface area contributed by atoms with Gasteiger partial charge in [0.15, 0.2) is 22.4 Å². The predicted octanol–water partition coefficient (Wildman–Crippen LogP) is 8.17. The lowest BCUT2D eigenvalue weighted by Gasteiger charge is -2.19. The minimum atomic E-state index is -1.41. The summed E-state index contributed by atoms with van der Waals surface area (Å²) in [6, 6.07) is 7.66. The van der Waals surface area contributed by atoms with Gasteiger partial charge in [-0.2, -0.15) is 0 Å². The third kappa shape index (κ3) is 17.7. The standard InChI is InChI=1S/C20H22BrFN6O5.C14H15BrFN5O3.C6H12N2O2S/c1-11(2)31-19(29)24-16(23)7-5-3-4-6-15-17(26-33-25-15)18-27-32-20(30)28(18)12-8-9-14(22)13(21)10-12;15-9-7-8(4-5-10(9)16)21(14(22)23)13(18)12-11(19-24-20-12)3-1-2-6-17;1-4(2)10-6(9)8-5(7)11-3/h8-11H,3-7H2,1-2H3,(H2,23,24,29);4-5,7,18H,1-3,6,17H2,(H,22,23);4H,1-3H3,(H2,7,8,9). The van der Waals surface area contributed by atoms with E-state index in [1.165, 1.54) is 30.3 Å². The number of nitrogens with two attached hydrogens (primary N) is 1. The number of unbranched alkanes of at least 4 members (excludes halogenated alkanes) is 3. The van der Waals surface area contributed by atoms with Crippen molar-refractivity contribution in [2.45, 2.75) is 91.3 Å². The molecule has 0 aliphatic rings. The number of anilines is 1. The Labute approximate surface area is 407 Å². The second-order valence-electron chi connectivity index (χ2n) is 14.4. The Morgan fingerprint density at radius 1 is 0.838 bits per heavy atom. The quantitative estimate of drug-likeness (QED) is 0.0278. The molecule has 23 nitrogen and oxygen atoms in total. The van der Waals surface area contributed by atoms with E-state index in [1.807, 2.05) is 0 Å². The highest BCUT2D eigenvalue weighted by Gasteiger charge is 2.27. The number of carbonyl (C=O) groups is 3. The highest BCUT2D eigenvalue weighted by molar-refractivity contribution is 9.10. The third-order valence-corrected chi connectivity index (χ3v) is 10.2. The number of rotatable bonds is 16. The number of carboxylic acid groups (broad SMARTS) is 1. The number of amides is 3. The van der Waals surface area contributed by atoms with Crippen LogP contribution < -0.4 is 27.0 Å². The maximum atomic E-state index is 13.6. The van der Waals surface area contributed by atoms with Gasteiger partial charge >= 0.3 is 24.0 Å². The van der Waals surface area contributed by atoms with Crippen LogP contribution in [0.3, 0.4) is 0 Å². The fourth-order valence-electron chi connectivity index (χ4n) is 5.43. The number of nitrogens with one attached hydrogen (secondary N) is 5. The van der Waals surface area contributed by atoms with Crippen molar-refractivity contribution in [1.82, 2.24) is 41.0 Å². The van der Waals surface area contributed by atoms with E-state index in [0.29, 0.717) is 67.0 Å². The minimum absolute atomic E-state index is 0.0230. The summed E-state index contributed by atoms with van der Waals surface area (Å²) in [6.45, 7) is 7.48. The first-order valence-electron chi connectivity index (χ1n) is 20.4. The number of benzene rings is 2. The summed E-state index contributed by atoms with van der Waals surface area (Å²) in [5, 5.41) is 56.1. The lowest BCUT2D eigenvalue weighted by molar-refractivity contribution is 0.119. The van der Waals surface area contributed by atoms with E-state index in [0.717, 1.165) is 35.2 Å². The highest BCUT2D eigenvalue weighted by atomic mass is 79.9. The van der Waals surface area contributed by atoms with Crippen LogP contribution in [0.2, 0.25) is 0 Å². The summed E-state index contributed by atoms with van der Waals surface area (Å²) in [5.74, 6) is -2.04. The van der Waals surface area contributed by atoms with Crippen LogP contribution in [0.5, 0.6) is 0 Å². The van der Waals surface area contributed by atoms with Crippen molar-refractivity contribution in [3.05, 3.63) is 84.6 Å². The Hall–Kier alpha value is -6.39. The topological polar surface area (TPSA) is 341 Å². The summed E-state index contributed by atoms with van der Waals surface area (Å²) in [7, 11) is 0. The molecule has 0 atom stereocenters. The number of ether oxygens (including phenoxy) is 2. The molecule has 2 aromatic carbocycles. The average molecular weight is 1100 g/mol. The van der Waals surface area contributed by atoms with Crippen molar-refractivity contribution in [2.24, 2.45) is 5.73 Å². The van der Waals surface area contributed by atoms with Crippen LogP contribution in [0.4, 0.5) is 28.9 Å². The van der Waals surface area contributed by atoms with Gasteiger partial charge in [-0.25, -0.2) is 46.7 Å². The van der Waals surface area contributed by atoms with E-state index >= 15 is 0 Å². The molecule has 0 fully saturated rings. The van der Waals surface area contributed by atoms with Crippen molar-refractivity contribution in [3.8, 4) is 17.2 Å². The second-order valence-corrected chi connectivity index (χ2v) is 16.9. The summed E-state index contributed by atoms with van der Waals surface area (Å²) in [5.41, 5.74) is 6.98. The van der Waals surface area contributed by atoms with Gasteiger partial charge in [-0.3, -0.25) is 31.4 Å². The minimum Gasteiger partial charge on any atom is -0.464 e. The molecule has 5 aromatic rings. The highest BCUT2D eigenvalue weighted by Crippen LogP contribution is 2.27. The SMILES string of the molecule is CC(C)OC(=O)NC(=N)CCCCCc1nonc1-c1noc(=O)n1-c1ccc(F)c(Br)c1.CSC(=N)NC(=O)OC(C)C.N=C(c1nonc1CCCCN)N(C(=O)O)c1ccc(F)c(Br)c1. The molecular formula is C40H49Br2F2N13O10S. The van der Waals surface area contributed by atoms with Gasteiger partial charge in [0.25, 0.3) is 0 Å². The van der Waals surface area contributed by atoms with Crippen LogP contribution in [-0.2, 0) is 22.3 Å². The molecule has 3 aromatic heterocycles. The van der Waals surface area contributed by atoms with E-state index in [1.54, 1.807) is 34.0 Å². The maximum absolute atomic E-state index is 13.6. The number of aromatic nitrogens is 6. The molecule has 0 radical (unpaired) electrons. The number of thioether (sulfide) groups is 1. The van der Waals surface area contributed by atoms with E-state index in [-0.39, 0.29) is 55.1 Å². The molecule has 28 heteroatoms. The Kier molecular flexibility index (Phi) is 23.1. The van der Waals surface area contributed by atoms with Crippen LogP contribution in [-0.4, -0.2) is 95.6 Å². The molecule has 0 aliphatic carbocycles. The fraction of sp³-hybridized carbons (Fsp3) is 0.400. The Morgan fingerprint density at radius 2 is 1.43 bits per heavy atom. The lowest BCUT2D eigenvalue weighted by atomic mass is 10.1. The molecule has 0 bridgehead atoms. The molecule has 3 heterocycles. The smallest absolute Gasteiger partial charge is 0.446 e. The van der Waals surface area contributed by atoms with Gasteiger partial charge in [0.1, 0.15) is 28.9 Å². The molecular weight excluding hydrogens is 1050 g/mol. The monoisotopic (exact) mass is 1100 g/mol. The van der Waals surface area contributed by atoms with Crippen molar-refractivity contribution in [3.63, 3.8) is 0 Å². The predicted molar refractivity (Wildman–Crippen MR) is 251 cm³/mol. The number of alkyl carbamates (subject to hydrolysis) is 2. The summed E-state index contributed by atoms with van der Waals surface area (Å²) >= 11 is 7.24. The zero-order chi connectivity index (χ0) is 50.5. The van der Waals surface area contributed by atoms with E-state index in [2.05, 4.69) is 72.9 Å². The summed E-state index contributed by atoms with van der Waals surface area (Å²) in [6.07, 6.45) is 3.57. The van der Waals surface area contributed by atoms with Gasteiger partial charge in [0.2, 0.25) is 5.82 Å². The largest absolute Gasteiger partial charge is 0.464 e. The van der Waals surface area contributed by atoms with Gasteiger partial charge < -0.3 is 20.3 Å². The van der Waals surface area contributed by atoms with Crippen molar-refractivity contribution in [1.29, 1.82) is 16.2 Å². The van der Waals surface area contributed by atoms with Gasteiger partial charge in [-0.05, 0) is 158 Å². The van der Waals surface area contributed by atoms with Crippen LogP contribution in [0.1, 0.15) is 83.3 Å². The number of hydrogen-bond acceptors (Lipinski definition) is 19. The fourth-order valence-corrected chi connectivity index (χ4v) is 6.35. The number of aryl methyl sites for hydroxylation is 2.